The molecule has 0 bridgehead atoms. The average molecular weight is 350 g/mol. The molecule has 3 aromatic carbocycles. The number of rotatable bonds is 4. The second-order valence-electron chi connectivity index (χ2n) is 5.88. The lowest BCUT2D eigenvalue weighted by atomic mass is 9.98. The zero-order chi connectivity index (χ0) is 16.7. The van der Waals surface area contributed by atoms with Crippen LogP contribution in [0.3, 0.4) is 0 Å². The lowest BCUT2D eigenvalue weighted by Crippen LogP contribution is -2.11. The van der Waals surface area contributed by atoms with Gasteiger partial charge in [-0.1, -0.05) is 48.5 Å². The standard InChI is InChI=1S/C17H18O4S2/c1-22(2,21-23(18,19)20)12-14-11-13-7-3-4-8-15(13)17-10-6-5-9-16(14)17/h3-11H,12H2,1-2H3,(H,18,19,20). The summed E-state index contributed by atoms with van der Waals surface area (Å²) >= 11 is 0. The van der Waals surface area contributed by atoms with Crippen LogP contribution >= 0.6 is 10.3 Å². The zero-order valence-electron chi connectivity index (χ0n) is 12.9. The third-order valence-electron chi connectivity index (χ3n) is 3.63. The van der Waals surface area contributed by atoms with Crippen LogP contribution in [0.4, 0.5) is 0 Å². The summed E-state index contributed by atoms with van der Waals surface area (Å²) in [6, 6.07) is 18.2. The number of hydrogen-bond donors (Lipinski definition) is 1. The Morgan fingerprint density at radius 2 is 1.48 bits per heavy atom. The van der Waals surface area contributed by atoms with E-state index in [1.54, 1.807) is 12.5 Å². The minimum absolute atomic E-state index is 0.443. The summed E-state index contributed by atoms with van der Waals surface area (Å²) in [6.07, 6.45) is 3.45. The van der Waals surface area contributed by atoms with Gasteiger partial charge in [0.1, 0.15) is 0 Å². The monoisotopic (exact) mass is 350 g/mol. The SMILES string of the molecule is CS(C)(Cc1cc2ccccc2c2ccccc12)OS(=O)(=O)O. The lowest BCUT2D eigenvalue weighted by Gasteiger charge is -2.29. The minimum atomic E-state index is -4.46. The van der Waals surface area contributed by atoms with Gasteiger partial charge in [0, 0.05) is 5.75 Å². The fraction of sp³-hybridized carbons (Fsp3) is 0.176. The Hall–Kier alpha value is -1.60. The highest BCUT2D eigenvalue weighted by Gasteiger charge is 2.22. The van der Waals surface area contributed by atoms with Crippen molar-refractivity contribution in [3.05, 3.63) is 60.2 Å². The normalized spacial score (nSPS) is 13.5. The molecule has 0 saturated heterocycles. The van der Waals surface area contributed by atoms with Crippen LogP contribution < -0.4 is 0 Å². The smallest absolute Gasteiger partial charge is 0.263 e. The maximum absolute atomic E-state index is 11.1. The Kier molecular flexibility index (Phi) is 4.10. The molecule has 1 N–H and O–H groups in total. The molecule has 0 aliphatic heterocycles. The minimum Gasteiger partial charge on any atom is -0.263 e. The van der Waals surface area contributed by atoms with Crippen LogP contribution in [0.2, 0.25) is 0 Å². The molecule has 0 aliphatic rings. The molecule has 3 aromatic rings. The van der Waals surface area contributed by atoms with Crippen LogP contribution in [-0.2, 0) is 19.8 Å². The molecular formula is C17H18O4S2. The molecule has 0 aromatic heterocycles. The molecule has 0 fully saturated rings. The van der Waals surface area contributed by atoms with Crippen LogP contribution in [0.25, 0.3) is 21.5 Å². The largest absolute Gasteiger partial charge is 0.406 e. The van der Waals surface area contributed by atoms with Gasteiger partial charge in [0.05, 0.1) is 0 Å². The van der Waals surface area contributed by atoms with Gasteiger partial charge in [-0.15, -0.1) is 10.3 Å². The van der Waals surface area contributed by atoms with Gasteiger partial charge in [-0.05, 0) is 45.7 Å². The summed E-state index contributed by atoms with van der Waals surface area (Å²) in [6.45, 7) is 0. The molecule has 0 atom stereocenters. The van der Waals surface area contributed by atoms with Crippen molar-refractivity contribution in [1.29, 1.82) is 0 Å². The molecule has 0 radical (unpaired) electrons. The molecule has 0 spiro atoms. The van der Waals surface area contributed by atoms with Crippen molar-refractivity contribution in [2.45, 2.75) is 5.75 Å². The van der Waals surface area contributed by atoms with Gasteiger partial charge in [0.2, 0.25) is 0 Å². The van der Waals surface area contributed by atoms with E-state index >= 15 is 0 Å². The molecule has 0 amide bonds. The quantitative estimate of drug-likeness (QED) is 0.563. The van der Waals surface area contributed by atoms with Gasteiger partial charge < -0.3 is 0 Å². The molecule has 23 heavy (non-hydrogen) atoms. The van der Waals surface area contributed by atoms with Crippen molar-refractivity contribution in [1.82, 2.24) is 0 Å². The van der Waals surface area contributed by atoms with Gasteiger partial charge in [-0.2, -0.15) is 12.0 Å². The predicted octanol–water partition coefficient (Wildman–Crippen LogP) is 4.29. The maximum atomic E-state index is 11.1. The predicted molar refractivity (Wildman–Crippen MR) is 97.2 cm³/mol. The van der Waals surface area contributed by atoms with E-state index in [-0.39, 0.29) is 0 Å². The summed E-state index contributed by atoms with van der Waals surface area (Å²) in [5, 5.41) is 4.46. The van der Waals surface area contributed by atoms with Crippen molar-refractivity contribution < 1.29 is 16.6 Å². The van der Waals surface area contributed by atoms with Gasteiger partial charge in [-0.25, -0.2) is 0 Å². The molecule has 6 heteroatoms. The summed E-state index contributed by atoms with van der Waals surface area (Å²) in [4.78, 5) is 0. The van der Waals surface area contributed by atoms with E-state index in [1.807, 2.05) is 36.4 Å². The Balaban J connectivity index is 2.16. The van der Waals surface area contributed by atoms with Crippen molar-refractivity contribution in [2.75, 3.05) is 12.5 Å². The first kappa shape index (κ1) is 16.3. The first-order valence-electron chi connectivity index (χ1n) is 7.04. The maximum Gasteiger partial charge on any atom is 0.406 e. The van der Waals surface area contributed by atoms with Gasteiger partial charge in [0.15, 0.2) is 0 Å². The third-order valence-corrected chi connectivity index (χ3v) is 6.79. The third kappa shape index (κ3) is 3.67. The van der Waals surface area contributed by atoms with Crippen LogP contribution in [0.1, 0.15) is 5.56 Å². The zero-order valence-corrected chi connectivity index (χ0v) is 14.5. The summed E-state index contributed by atoms with van der Waals surface area (Å²) in [7, 11) is -6.45. The summed E-state index contributed by atoms with van der Waals surface area (Å²) in [5.74, 6) is 0.443. The second kappa shape index (κ2) is 5.79. The Morgan fingerprint density at radius 1 is 0.913 bits per heavy atom. The van der Waals surface area contributed by atoms with E-state index in [0.717, 1.165) is 27.1 Å². The number of benzene rings is 3. The van der Waals surface area contributed by atoms with Crippen molar-refractivity contribution >= 4 is 42.3 Å². The highest BCUT2D eigenvalue weighted by Crippen LogP contribution is 2.47. The van der Waals surface area contributed by atoms with Crippen molar-refractivity contribution in [2.24, 2.45) is 0 Å². The highest BCUT2D eigenvalue weighted by molar-refractivity contribution is 8.31. The average Bonchev–Trinajstić information content (AvgIpc) is 2.44. The van der Waals surface area contributed by atoms with Crippen molar-refractivity contribution in [3.8, 4) is 0 Å². The van der Waals surface area contributed by atoms with E-state index in [9.17, 15) is 8.42 Å². The van der Waals surface area contributed by atoms with Crippen LogP contribution in [0, 0.1) is 0 Å². The molecule has 4 nitrogen and oxygen atoms in total. The summed E-state index contributed by atoms with van der Waals surface area (Å²) in [5.41, 5.74) is 1.02. The summed E-state index contributed by atoms with van der Waals surface area (Å²) < 4.78 is 36.0. The highest BCUT2D eigenvalue weighted by atomic mass is 32.3. The molecule has 0 aliphatic carbocycles. The lowest BCUT2D eigenvalue weighted by molar-refractivity contribution is 0.403. The van der Waals surface area contributed by atoms with Crippen LogP contribution in [0.5, 0.6) is 0 Å². The fourth-order valence-electron chi connectivity index (χ4n) is 2.88. The number of hydrogen-bond acceptors (Lipinski definition) is 3. The Labute approximate surface area is 137 Å². The van der Waals surface area contributed by atoms with Crippen LogP contribution in [-0.4, -0.2) is 25.5 Å². The first-order valence-corrected chi connectivity index (χ1v) is 10.9. The molecule has 122 valence electrons. The van der Waals surface area contributed by atoms with Gasteiger partial charge >= 0.3 is 10.4 Å². The number of fused-ring (bicyclic) bond motifs is 3. The van der Waals surface area contributed by atoms with Crippen molar-refractivity contribution in [3.63, 3.8) is 0 Å². The Morgan fingerprint density at radius 3 is 2.13 bits per heavy atom. The topological polar surface area (TPSA) is 63.6 Å². The molecule has 0 unspecified atom stereocenters. The molecular weight excluding hydrogens is 332 g/mol. The molecule has 0 heterocycles. The fourth-order valence-corrected chi connectivity index (χ4v) is 5.92. The second-order valence-corrected chi connectivity index (χ2v) is 10.4. The molecule has 3 rings (SSSR count). The van der Waals surface area contributed by atoms with E-state index in [4.69, 9.17) is 8.18 Å². The van der Waals surface area contributed by atoms with E-state index in [0.29, 0.717) is 5.75 Å². The van der Waals surface area contributed by atoms with Gasteiger partial charge in [-0.3, -0.25) is 4.55 Å². The van der Waals surface area contributed by atoms with E-state index in [1.165, 1.54) is 0 Å². The first-order chi connectivity index (χ1) is 10.8. The van der Waals surface area contributed by atoms with E-state index in [2.05, 4.69) is 18.2 Å². The Bertz CT molecular complexity index is 978. The van der Waals surface area contributed by atoms with Crippen LogP contribution in [0.15, 0.2) is 54.6 Å². The van der Waals surface area contributed by atoms with Gasteiger partial charge in [0.25, 0.3) is 0 Å². The van der Waals surface area contributed by atoms with E-state index < -0.39 is 20.7 Å². The molecule has 0 saturated carbocycles.